The van der Waals surface area contributed by atoms with Gasteiger partial charge in [0.15, 0.2) is 0 Å². The summed E-state index contributed by atoms with van der Waals surface area (Å²) in [6, 6.07) is 7.05. The molecule has 0 aliphatic carbocycles. The smallest absolute Gasteiger partial charge is 0.381 e. The fourth-order valence-corrected chi connectivity index (χ4v) is 2.44. The summed E-state index contributed by atoms with van der Waals surface area (Å²) in [5.74, 6) is 0.0197. The summed E-state index contributed by atoms with van der Waals surface area (Å²) in [5, 5.41) is 0. The Bertz CT molecular complexity index is 612. The van der Waals surface area contributed by atoms with Gasteiger partial charge in [0.25, 0.3) is 0 Å². The molecule has 0 aliphatic heterocycles. The van der Waals surface area contributed by atoms with Gasteiger partial charge in [-0.05, 0) is 42.7 Å². The molecule has 5 heteroatoms. The first-order valence-electron chi connectivity index (χ1n) is 7.97. The van der Waals surface area contributed by atoms with Crippen LogP contribution in [0.1, 0.15) is 55.2 Å². The molecule has 1 heterocycles. The van der Waals surface area contributed by atoms with Gasteiger partial charge in [0.05, 0.1) is 0 Å². The number of nitrogens with zero attached hydrogens (tertiary/aromatic N) is 2. The van der Waals surface area contributed by atoms with E-state index in [-0.39, 0.29) is 5.82 Å². The van der Waals surface area contributed by atoms with Crippen LogP contribution in [-0.2, 0) is 6.42 Å². The fourth-order valence-electron chi connectivity index (χ4n) is 2.18. The molecule has 0 bridgehead atoms. The van der Waals surface area contributed by atoms with Crippen molar-refractivity contribution in [1.82, 2.24) is 9.97 Å². The zero-order chi connectivity index (χ0) is 16.5. The zero-order valence-electron chi connectivity index (χ0n) is 13.3. The van der Waals surface area contributed by atoms with Crippen LogP contribution in [0.5, 0.6) is 5.75 Å². The summed E-state index contributed by atoms with van der Waals surface area (Å²) < 4.78 is 6.16. The van der Waals surface area contributed by atoms with E-state index in [9.17, 15) is 4.79 Å². The van der Waals surface area contributed by atoms with Gasteiger partial charge in [-0.1, -0.05) is 48.5 Å². The summed E-state index contributed by atoms with van der Waals surface area (Å²) in [4.78, 5) is 20.2. The Morgan fingerprint density at radius 3 is 2.35 bits per heavy atom. The van der Waals surface area contributed by atoms with E-state index in [1.807, 2.05) is 12.1 Å². The summed E-state index contributed by atoms with van der Waals surface area (Å²) in [6.07, 6.45) is 10.5. The molecule has 0 amide bonds. The number of esters is 1. The maximum atomic E-state index is 12.0. The second kappa shape index (κ2) is 9.40. The summed E-state index contributed by atoms with van der Waals surface area (Å²) >= 11 is 3.33. The molecule has 4 nitrogen and oxygen atoms in total. The van der Waals surface area contributed by atoms with E-state index in [2.05, 4.69) is 32.8 Å². The van der Waals surface area contributed by atoms with Gasteiger partial charge in [-0.25, -0.2) is 14.8 Å². The number of carbonyl (C=O) groups excluding carboxylic acids is 1. The van der Waals surface area contributed by atoms with Gasteiger partial charge in [-0.15, -0.1) is 0 Å². The first-order valence-corrected chi connectivity index (χ1v) is 8.77. The Labute approximate surface area is 145 Å². The molecular weight excluding hydrogens is 356 g/mol. The van der Waals surface area contributed by atoms with Crippen molar-refractivity contribution in [3.8, 4) is 5.75 Å². The quantitative estimate of drug-likeness (QED) is 0.370. The third-order valence-electron chi connectivity index (χ3n) is 3.48. The molecule has 23 heavy (non-hydrogen) atoms. The lowest BCUT2D eigenvalue weighted by Gasteiger charge is -2.04. The molecule has 0 saturated heterocycles. The van der Waals surface area contributed by atoms with Gasteiger partial charge >= 0.3 is 5.97 Å². The van der Waals surface area contributed by atoms with Gasteiger partial charge in [0.2, 0.25) is 5.82 Å². The Kier molecular flexibility index (Phi) is 7.20. The van der Waals surface area contributed by atoms with Crippen molar-refractivity contribution in [3.63, 3.8) is 0 Å². The van der Waals surface area contributed by atoms with Gasteiger partial charge in [0, 0.05) is 16.9 Å². The molecule has 1 aromatic carbocycles. The molecule has 122 valence electrons. The predicted molar refractivity (Wildman–Crippen MR) is 93.6 cm³/mol. The number of halogens is 1. The van der Waals surface area contributed by atoms with Gasteiger partial charge in [0.1, 0.15) is 5.75 Å². The maximum absolute atomic E-state index is 12.0. The van der Waals surface area contributed by atoms with E-state index in [0.717, 1.165) is 22.9 Å². The summed E-state index contributed by atoms with van der Waals surface area (Å²) in [5.41, 5.74) is 1.06. The van der Waals surface area contributed by atoms with Crippen LogP contribution in [0.15, 0.2) is 41.1 Å². The molecule has 0 spiro atoms. The van der Waals surface area contributed by atoms with Crippen LogP contribution >= 0.6 is 15.9 Å². The van der Waals surface area contributed by atoms with Crippen molar-refractivity contribution in [3.05, 3.63) is 52.5 Å². The number of carbonyl (C=O) groups is 1. The van der Waals surface area contributed by atoms with Gasteiger partial charge < -0.3 is 4.74 Å². The van der Waals surface area contributed by atoms with E-state index < -0.39 is 5.97 Å². The molecule has 0 N–H and O–H groups in total. The molecule has 0 saturated carbocycles. The lowest BCUT2D eigenvalue weighted by molar-refractivity contribution is 0.0721. The van der Waals surface area contributed by atoms with Gasteiger partial charge in [-0.3, -0.25) is 0 Å². The second-order valence-electron chi connectivity index (χ2n) is 5.42. The summed E-state index contributed by atoms with van der Waals surface area (Å²) in [6.45, 7) is 2.21. The highest BCUT2D eigenvalue weighted by Gasteiger charge is 2.12. The second-order valence-corrected chi connectivity index (χ2v) is 6.34. The predicted octanol–water partition coefficient (Wildman–Crippen LogP) is 4.97. The number of aryl methyl sites for hydroxylation is 1. The molecule has 2 rings (SSSR count). The number of aromatic nitrogens is 2. The van der Waals surface area contributed by atoms with E-state index >= 15 is 0 Å². The van der Waals surface area contributed by atoms with Crippen LogP contribution in [0.4, 0.5) is 0 Å². The summed E-state index contributed by atoms with van der Waals surface area (Å²) in [7, 11) is 0. The standard InChI is InChI=1S/C18H21BrN2O2/c1-2-3-4-5-6-7-14-12-20-17(21-13-14)18(22)23-16-10-8-15(19)9-11-16/h8-13H,2-7H2,1H3. The van der Waals surface area contributed by atoms with E-state index in [4.69, 9.17) is 4.74 Å². The zero-order valence-corrected chi connectivity index (χ0v) is 14.9. The molecule has 0 fully saturated rings. The normalized spacial score (nSPS) is 10.5. The van der Waals surface area contributed by atoms with Crippen molar-refractivity contribution in [2.45, 2.75) is 45.4 Å². The molecule has 0 radical (unpaired) electrons. The molecule has 1 aromatic heterocycles. The van der Waals surface area contributed by atoms with Gasteiger partial charge in [-0.2, -0.15) is 0 Å². The number of benzene rings is 1. The van der Waals surface area contributed by atoms with Crippen molar-refractivity contribution in [2.24, 2.45) is 0 Å². The van der Waals surface area contributed by atoms with Crippen LogP contribution in [0.25, 0.3) is 0 Å². The minimum Gasteiger partial charge on any atom is -0.421 e. The highest BCUT2D eigenvalue weighted by molar-refractivity contribution is 9.10. The van der Waals surface area contributed by atoms with Crippen LogP contribution in [0.3, 0.4) is 0 Å². The maximum Gasteiger partial charge on any atom is 0.381 e. The Morgan fingerprint density at radius 1 is 1.04 bits per heavy atom. The number of unbranched alkanes of at least 4 members (excludes halogenated alkanes) is 4. The van der Waals surface area contributed by atoms with Crippen molar-refractivity contribution in [1.29, 1.82) is 0 Å². The Morgan fingerprint density at radius 2 is 1.70 bits per heavy atom. The monoisotopic (exact) mass is 376 g/mol. The largest absolute Gasteiger partial charge is 0.421 e. The minimum absolute atomic E-state index is 0.0858. The van der Waals surface area contributed by atoms with E-state index in [1.54, 1.807) is 24.5 Å². The molecule has 0 atom stereocenters. The SMILES string of the molecule is CCCCCCCc1cnc(C(=O)Oc2ccc(Br)cc2)nc1. The lowest BCUT2D eigenvalue weighted by Crippen LogP contribution is -2.13. The number of hydrogen-bond donors (Lipinski definition) is 0. The third-order valence-corrected chi connectivity index (χ3v) is 4.01. The highest BCUT2D eigenvalue weighted by Crippen LogP contribution is 2.17. The molecule has 0 aliphatic rings. The van der Waals surface area contributed by atoms with Crippen molar-refractivity contribution in [2.75, 3.05) is 0 Å². The Hall–Kier alpha value is -1.75. The Balaban J connectivity index is 1.83. The van der Waals surface area contributed by atoms with Crippen LogP contribution in [0.2, 0.25) is 0 Å². The van der Waals surface area contributed by atoms with Crippen LogP contribution in [0, 0.1) is 0 Å². The molecule has 2 aromatic rings. The highest BCUT2D eigenvalue weighted by atomic mass is 79.9. The number of hydrogen-bond acceptors (Lipinski definition) is 4. The van der Waals surface area contributed by atoms with E-state index in [0.29, 0.717) is 5.75 Å². The van der Waals surface area contributed by atoms with Crippen LogP contribution < -0.4 is 4.74 Å². The topological polar surface area (TPSA) is 52.1 Å². The lowest BCUT2D eigenvalue weighted by atomic mass is 10.1. The first-order chi connectivity index (χ1) is 11.2. The average molecular weight is 377 g/mol. The minimum atomic E-state index is -0.540. The molecule has 0 unspecified atom stereocenters. The van der Waals surface area contributed by atoms with Crippen LogP contribution in [-0.4, -0.2) is 15.9 Å². The van der Waals surface area contributed by atoms with E-state index in [1.165, 1.54) is 25.7 Å². The third kappa shape index (κ3) is 6.10. The fraction of sp³-hybridized carbons (Fsp3) is 0.389. The van der Waals surface area contributed by atoms with Crippen molar-refractivity contribution < 1.29 is 9.53 Å². The number of rotatable bonds is 8. The average Bonchev–Trinajstić information content (AvgIpc) is 2.57. The number of ether oxygens (including phenoxy) is 1. The molecular formula is C18H21BrN2O2. The first kappa shape index (κ1) is 17.6. The van der Waals surface area contributed by atoms with Crippen molar-refractivity contribution >= 4 is 21.9 Å².